The van der Waals surface area contributed by atoms with Crippen molar-refractivity contribution in [2.75, 3.05) is 31.6 Å². The zero-order valence-corrected chi connectivity index (χ0v) is 16.6. The molecule has 28 heavy (non-hydrogen) atoms. The van der Waals surface area contributed by atoms with Crippen LogP contribution in [0, 0.1) is 5.92 Å². The van der Waals surface area contributed by atoms with Gasteiger partial charge in [0.05, 0.1) is 7.11 Å². The van der Waals surface area contributed by atoms with Crippen LogP contribution in [0.5, 0.6) is 5.75 Å². The van der Waals surface area contributed by atoms with Crippen molar-refractivity contribution in [1.29, 1.82) is 0 Å². The van der Waals surface area contributed by atoms with E-state index in [0.717, 1.165) is 56.6 Å². The first kappa shape index (κ1) is 18.8. The molecule has 2 fully saturated rings. The third-order valence-corrected chi connectivity index (χ3v) is 5.96. The number of hydrogen-bond donors (Lipinski definition) is 0. The maximum absolute atomic E-state index is 12.9. The second-order valence-corrected chi connectivity index (χ2v) is 7.77. The average molecular weight is 384 g/mol. The van der Waals surface area contributed by atoms with E-state index >= 15 is 0 Å². The largest absolute Gasteiger partial charge is 0.497 e. The molecule has 0 aliphatic carbocycles. The third kappa shape index (κ3) is 3.84. The molecule has 0 bridgehead atoms. The Kier molecular flexibility index (Phi) is 5.50. The number of carbonyl (C=O) groups is 1. The van der Waals surface area contributed by atoms with Gasteiger partial charge in [-0.3, -0.25) is 4.79 Å². The Balaban J connectivity index is 1.36. The van der Waals surface area contributed by atoms with Crippen LogP contribution in [0.25, 0.3) is 11.4 Å². The Morgan fingerprint density at radius 1 is 1.11 bits per heavy atom. The van der Waals surface area contributed by atoms with Crippen LogP contribution in [-0.4, -0.2) is 53.7 Å². The van der Waals surface area contributed by atoms with E-state index in [2.05, 4.69) is 26.9 Å². The summed E-state index contributed by atoms with van der Waals surface area (Å²) in [5.74, 6) is 1.80. The maximum atomic E-state index is 12.9. The lowest BCUT2D eigenvalue weighted by molar-refractivity contribution is -0.139. The quantitative estimate of drug-likeness (QED) is 0.805. The van der Waals surface area contributed by atoms with E-state index in [1.54, 1.807) is 7.11 Å². The highest BCUT2D eigenvalue weighted by Gasteiger charge is 2.33. The van der Waals surface area contributed by atoms with Gasteiger partial charge in [-0.15, -0.1) is 0 Å². The molecule has 4 rings (SSSR count). The van der Waals surface area contributed by atoms with Gasteiger partial charge in [-0.1, -0.05) is 5.16 Å². The number of aromatic nitrogens is 2. The van der Waals surface area contributed by atoms with Crippen LogP contribution in [0.1, 0.15) is 39.0 Å². The summed E-state index contributed by atoms with van der Waals surface area (Å²) in [6.45, 7) is 4.62. The summed E-state index contributed by atoms with van der Waals surface area (Å²) in [7, 11) is 1.64. The molecule has 3 heterocycles. The van der Waals surface area contributed by atoms with Gasteiger partial charge < -0.3 is 19.1 Å². The Morgan fingerprint density at radius 2 is 1.86 bits per heavy atom. The number of hydrogen-bond acceptors (Lipinski definition) is 6. The summed E-state index contributed by atoms with van der Waals surface area (Å²) < 4.78 is 10.7. The predicted molar refractivity (Wildman–Crippen MR) is 106 cm³/mol. The van der Waals surface area contributed by atoms with Gasteiger partial charge in [0.2, 0.25) is 11.7 Å². The van der Waals surface area contributed by atoms with Gasteiger partial charge >= 0.3 is 6.01 Å². The van der Waals surface area contributed by atoms with E-state index in [1.807, 2.05) is 24.3 Å². The van der Waals surface area contributed by atoms with Gasteiger partial charge in [-0.2, -0.15) is 4.98 Å². The fraction of sp³-hybridized carbons (Fsp3) is 0.571. The topological polar surface area (TPSA) is 71.7 Å². The van der Waals surface area contributed by atoms with Crippen molar-refractivity contribution in [3.8, 4) is 17.1 Å². The van der Waals surface area contributed by atoms with E-state index in [-0.39, 0.29) is 5.92 Å². The Hall–Kier alpha value is -2.57. The SMILES string of the molecule is COc1ccc(-c2noc(N3CCC(C(=O)N4CCCC[C@@H]4C)CC3)n2)cc1. The minimum Gasteiger partial charge on any atom is -0.497 e. The number of ether oxygens (including phenoxy) is 1. The van der Waals surface area contributed by atoms with Crippen molar-refractivity contribution in [1.82, 2.24) is 15.0 Å². The van der Waals surface area contributed by atoms with Crippen LogP contribution >= 0.6 is 0 Å². The average Bonchev–Trinajstić information content (AvgIpc) is 3.24. The second-order valence-electron chi connectivity index (χ2n) is 7.77. The highest BCUT2D eigenvalue weighted by molar-refractivity contribution is 5.79. The fourth-order valence-corrected chi connectivity index (χ4v) is 4.18. The van der Waals surface area contributed by atoms with Crippen molar-refractivity contribution < 1.29 is 14.1 Å². The van der Waals surface area contributed by atoms with E-state index in [0.29, 0.717) is 23.8 Å². The van der Waals surface area contributed by atoms with Crippen molar-refractivity contribution >= 4 is 11.9 Å². The smallest absolute Gasteiger partial charge is 0.324 e. The molecule has 1 amide bonds. The van der Waals surface area contributed by atoms with Crippen molar-refractivity contribution in [3.05, 3.63) is 24.3 Å². The van der Waals surface area contributed by atoms with Crippen molar-refractivity contribution in [2.45, 2.75) is 45.1 Å². The van der Waals surface area contributed by atoms with Gasteiger partial charge in [-0.05, 0) is 63.3 Å². The fourth-order valence-electron chi connectivity index (χ4n) is 4.18. The molecule has 1 aromatic carbocycles. The first-order valence-electron chi connectivity index (χ1n) is 10.2. The molecular weight excluding hydrogens is 356 g/mol. The predicted octanol–water partition coefficient (Wildman–Crippen LogP) is 3.36. The molecule has 0 spiro atoms. The number of amides is 1. The Labute approximate surface area is 165 Å². The van der Waals surface area contributed by atoms with Crippen LogP contribution in [0.3, 0.4) is 0 Å². The summed E-state index contributed by atoms with van der Waals surface area (Å²) >= 11 is 0. The van der Waals surface area contributed by atoms with Crippen LogP contribution < -0.4 is 9.64 Å². The van der Waals surface area contributed by atoms with Crippen molar-refractivity contribution in [2.24, 2.45) is 5.92 Å². The molecule has 0 radical (unpaired) electrons. The minimum atomic E-state index is 0.112. The van der Waals surface area contributed by atoms with Crippen LogP contribution in [0.15, 0.2) is 28.8 Å². The summed E-state index contributed by atoms with van der Waals surface area (Å²) in [5, 5.41) is 4.11. The molecule has 2 aliphatic heterocycles. The monoisotopic (exact) mass is 384 g/mol. The van der Waals surface area contributed by atoms with E-state index in [4.69, 9.17) is 9.26 Å². The van der Waals surface area contributed by atoms with Gasteiger partial charge in [0, 0.05) is 37.2 Å². The number of rotatable bonds is 4. The second kappa shape index (κ2) is 8.20. The first-order valence-corrected chi connectivity index (χ1v) is 10.2. The van der Waals surface area contributed by atoms with Crippen LogP contribution in [-0.2, 0) is 4.79 Å². The van der Waals surface area contributed by atoms with Gasteiger partial charge in [0.25, 0.3) is 0 Å². The normalized spacial score (nSPS) is 21.0. The minimum absolute atomic E-state index is 0.112. The Morgan fingerprint density at radius 3 is 2.54 bits per heavy atom. The molecule has 1 aromatic heterocycles. The zero-order chi connectivity index (χ0) is 19.5. The van der Waals surface area contributed by atoms with Gasteiger partial charge in [-0.25, -0.2) is 0 Å². The molecule has 0 saturated carbocycles. The summed E-state index contributed by atoms with van der Waals surface area (Å²) in [6.07, 6.45) is 5.16. The highest BCUT2D eigenvalue weighted by atomic mass is 16.5. The van der Waals surface area contributed by atoms with Crippen LogP contribution in [0.2, 0.25) is 0 Å². The van der Waals surface area contributed by atoms with Gasteiger partial charge in [0.1, 0.15) is 5.75 Å². The number of methoxy groups -OCH3 is 1. The Bertz CT molecular complexity index is 796. The third-order valence-electron chi connectivity index (χ3n) is 5.96. The maximum Gasteiger partial charge on any atom is 0.324 e. The summed E-state index contributed by atoms with van der Waals surface area (Å²) in [6, 6.07) is 8.50. The lowest BCUT2D eigenvalue weighted by Gasteiger charge is -2.38. The molecule has 150 valence electrons. The van der Waals surface area contributed by atoms with E-state index in [1.165, 1.54) is 6.42 Å². The standard InChI is InChI=1S/C21H28N4O3/c1-15-5-3-4-12-25(15)20(26)17-10-13-24(14-11-17)21-22-19(23-28-21)16-6-8-18(27-2)9-7-16/h6-9,15,17H,3-5,10-14H2,1-2H3/t15-/m0/s1. The van der Waals surface area contributed by atoms with Crippen molar-refractivity contribution in [3.63, 3.8) is 0 Å². The molecular formula is C21H28N4O3. The molecule has 2 saturated heterocycles. The molecule has 7 nitrogen and oxygen atoms in total. The van der Waals surface area contributed by atoms with Gasteiger partial charge in [0.15, 0.2) is 0 Å². The zero-order valence-electron chi connectivity index (χ0n) is 16.6. The lowest BCUT2D eigenvalue weighted by atomic mass is 9.93. The summed E-state index contributed by atoms with van der Waals surface area (Å²) in [4.78, 5) is 21.6. The number of likely N-dealkylation sites (tertiary alicyclic amines) is 1. The summed E-state index contributed by atoms with van der Waals surface area (Å²) in [5.41, 5.74) is 0.889. The highest BCUT2D eigenvalue weighted by Crippen LogP contribution is 2.28. The molecule has 7 heteroatoms. The number of nitrogens with zero attached hydrogens (tertiary/aromatic N) is 4. The number of anilines is 1. The van der Waals surface area contributed by atoms with E-state index < -0.39 is 0 Å². The molecule has 0 N–H and O–H groups in total. The van der Waals surface area contributed by atoms with E-state index in [9.17, 15) is 4.79 Å². The number of piperidine rings is 2. The molecule has 0 unspecified atom stereocenters. The van der Waals surface area contributed by atoms with Crippen LogP contribution in [0.4, 0.5) is 6.01 Å². The molecule has 1 atom stereocenters. The number of carbonyl (C=O) groups excluding carboxylic acids is 1. The lowest BCUT2D eigenvalue weighted by Crippen LogP contribution is -2.47. The first-order chi connectivity index (χ1) is 13.7. The molecule has 2 aliphatic rings. The molecule has 2 aromatic rings. The number of benzene rings is 1.